The molecule has 27 heavy (non-hydrogen) atoms. The van der Waals surface area contributed by atoms with E-state index in [-0.39, 0.29) is 5.69 Å². The average molecular weight is 374 g/mol. The molecule has 2 aromatic carbocycles. The first-order chi connectivity index (χ1) is 12.9. The van der Waals surface area contributed by atoms with Gasteiger partial charge in [0.15, 0.2) is 0 Å². The number of amides is 1. The molecule has 0 aliphatic heterocycles. The van der Waals surface area contributed by atoms with Crippen LogP contribution in [0.15, 0.2) is 67.0 Å². The Kier molecular flexibility index (Phi) is 5.20. The Morgan fingerprint density at radius 2 is 1.63 bits per heavy atom. The molecule has 1 heterocycles. The van der Waals surface area contributed by atoms with E-state index >= 15 is 0 Å². The van der Waals surface area contributed by atoms with E-state index in [4.69, 9.17) is 0 Å². The quantitative estimate of drug-likeness (QED) is 0.694. The molecule has 0 saturated heterocycles. The summed E-state index contributed by atoms with van der Waals surface area (Å²) in [5.41, 5.74) is 1.19. The number of aromatic nitrogens is 2. The molecular weight excluding hydrogens is 361 g/mol. The van der Waals surface area contributed by atoms with Crippen LogP contribution in [0.4, 0.5) is 30.5 Å². The van der Waals surface area contributed by atoms with Crippen LogP contribution in [0.3, 0.4) is 0 Å². The molecule has 138 valence electrons. The summed E-state index contributed by atoms with van der Waals surface area (Å²) in [6.07, 6.45) is -1.62. The number of hydrogen-bond acceptors (Lipinski definition) is 5. The maximum absolute atomic E-state index is 12.3. The van der Waals surface area contributed by atoms with Crippen molar-refractivity contribution in [1.29, 1.82) is 0 Å². The third-order valence-electron chi connectivity index (χ3n) is 3.29. The monoisotopic (exact) mass is 374 g/mol. The molecule has 2 N–H and O–H groups in total. The van der Waals surface area contributed by atoms with E-state index in [1.54, 1.807) is 42.7 Å². The largest absolute Gasteiger partial charge is 0.573 e. The molecule has 0 aliphatic rings. The number of carbonyl (C=O) groups excluding carboxylic acids is 1. The predicted octanol–water partition coefficient (Wildman–Crippen LogP) is 4.37. The fourth-order valence-corrected chi connectivity index (χ4v) is 2.17. The fraction of sp³-hybridized carbons (Fsp3) is 0.0556. The summed E-state index contributed by atoms with van der Waals surface area (Å²) in [4.78, 5) is 20.3. The van der Waals surface area contributed by atoms with E-state index in [0.29, 0.717) is 17.2 Å². The molecule has 1 amide bonds. The Labute approximate surface area is 152 Å². The van der Waals surface area contributed by atoms with Crippen molar-refractivity contribution >= 4 is 23.2 Å². The molecule has 3 rings (SSSR count). The van der Waals surface area contributed by atoms with Crippen molar-refractivity contribution in [3.63, 3.8) is 0 Å². The molecule has 0 atom stereocenters. The Balaban J connectivity index is 1.65. The van der Waals surface area contributed by atoms with Gasteiger partial charge in [-0.25, -0.2) is 9.97 Å². The summed E-state index contributed by atoms with van der Waals surface area (Å²) in [5.74, 6) is -0.472. The van der Waals surface area contributed by atoms with Crippen LogP contribution in [0.25, 0.3) is 0 Å². The lowest BCUT2D eigenvalue weighted by molar-refractivity contribution is -0.274. The Morgan fingerprint density at radius 1 is 0.926 bits per heavy atom. The molecule has 6 nitrogen and oxygen atoms in total. The first-order valence-electron chi connectivity index (χ1n) is 7.70. The van der Waals surface area contributed by atoms with Gasteiger partial charge in [-0.3, -0.25) is 4.79 Å². The van der Waals surface area contributed by atoms with Gasteiger partial charge in [-0.15, -0.1) is 13.2 Å². The number of carbonyl (C=O) groups is 1. The Hall–Kier alpha value is -3.62. The van der Waals surface area contributed by atoms with Gasteiger partial charge in [0.1, 0.15) is 5.75 Å². The molecule has 0 fully saturated rings. The summed E-state index contributed by atoms with van der Waals surface area (Å²) in [5, 5.41) is 5.49. The van der Waals surface area contributed by atoms with Crippen LogP contribution >= 0.6 is 0 Å². The maximum atomic E-state index is 12.3. The SMILES string of the molecule is O=C(Nc1cccc(OC(F)(F)F)c1)c1ccc(Nc2ncccn2)cc1. The second-order valence-electron chi connectivity index (χ2n) is 5.30. The molecule has 3 aromatic rings. The van der Waals surface area contributed by atoms with Crippen LogP contribution in [0.5, 0.6) is 5.75 Å². The lowest BCUT2D eigenvalue weighted by Crippen LogP contribution is -2.17. The number of nitrogens with one attached hydrogen (secondary N) is 2. The van der Waals surface area contributed by atoms with Gasteiger partial charge in [-0.2, -0.15) is 0 Å². The molecular formula is C18H13F3N4O2. The zero-order chi connectivity index (χ0) is 19.3. The predicted molar refractivity (Wildman–Crippen MR) is 92.8 cm³/mol. The summed E-state index contributed by atoms with van der Waals surface area (Å²) < 4.78 is 40.6. The normalized spacial score (nSPS) is 10.9. The molecule has 9 heteroatoms. The minimum Gasteiger partial charge on any atom is -0.406 e. The topological polar surface area (TPSA) is 76.1 Å². The fourth-order valence-electron chi connectivity index (χ4n) is 2.17. The first kappa shape index (κ1) is 18.2. The van der Waals surface area contributed by atoms with Gasteiger partial charge in [0.05, 0.1) is 0 Å². The number of benzene rings is 2. The lowest BCUT2D eigenvalue weighted by Gasteiger charge is -2.11. The number of anilines is 3. The van der Waals surface area contributed by atoms with Crippen LogP contribution < -0.4 is 15.4 Å². The molecule has 0 unspecified atom stereocenters. The zero-order valence-electron chi connectivity index (χ0n) is 13.7. The highest BCUT2D eigenvalue weighted by atomic mass is 19.4. The highest BCUT2D eigenvalue weighted by Gasteiger charge is 2.31. The Morgan fingerprint density at radius 3 is 2.30 bits per heavy atom. The second-order valence-corrected chi connectivity index (χ2v) is 5.30. The molecule has 0 saturated carbocycles. The van der Waals surface area contributed by atoms with Crippen molar-refractivity contribution in [1.82, 2.24) is 9.97 Å². The average Bonchev–Trinajstić information content (AvgIpc) is 2.62. The smallest absolute Gasteiger partial charge is 0.406 e. The summed E-state index contributed by atoms with van der Waals surface area (Å²) in [6.45, 7) is 0. The summed E-state index contributed by atoms with van der Waals surface area (Å²) >= 11 is 0. The maximum Gasteiger partial charge on any atom is 0.573 e. The van der Waals surface area contributed by atoms with E-state index in [0.717, 1.165) is 12.1 Å². The molecule has 0 radical (unpaired) electrons. The van der Waals surface area contributed by atoms with E-state index in [9.17, 15) is 18.0 Å². The van der Waals surface area contributed by atoms with Crippen molar-refractivity contribution in [3.05, 3.63) is 72.6 Å². The molecule has 0 aliphatic carbocycles. The van der Waals surface area contributed by atoms with Gasteiger partial charge in [0, 0.05) is 35.4 Å². The van der Waals surface area contributed by atoms with Crippen LogP contribution in [0, 0.1) is 0 Å². The highest BCUT2D eigenvalue weighted by Crippen LogP contribution is 2.25. The third-order valence-corrected chi connectivity index (χ3v) is 3.29. The van der Waals surface area contributed by atoms with E-state index < -0.39 is 18.0 Å². The van der Waals surface area contributed by atoms with Crippen molar-refractivity contribution in [2.24, 2.45) is 0 Å². The van der Waals surface area contributed by atoms with Crippen LogP contribution in [-0.2, 0) is 0 Å². The highest BCUT2D eigenvalue weighted by molar-refractivity contribution is 6.04. The zero-order valence-corrected chi connectivity index (χ0v) is 13.7. The summed E-state index contributed by atoms with van der Waals surface area (Å²) in [6, 6.07) is 13.2. The van der Waals surface area contributed by atoms with Crippen LogP contribution in [0.2, 0.25) is 0 Å². The van der Waals surface area contributed by atoms with E-state index in [2.05, 4.69) is 25.3 Å². The number of hydrogen-bond donors (Lipinski definition) is 2. The minimum atomic E-state index is -4.80. The third kappa shape index (κ3) is 5.43. The van der Waals surface area contributed by atoms with Gasteiger partial charge in [0.25, 0.3) is 5.91 Å². The van der Waals surface area contributed by atoms with Crippen molar-refractivity contribution in [2.45, 2.75) is 6.36 Å². The van der Waals surface area contributed by atoms with Crippen molar-refractivity contribution in [3.8, 4) is 5.75 Å². The number of nitrogens with zero attached hydrogens (tertiary/aromatic N) is 2. The van der Waals surface area contributed by atoms with Gasteiger partial charge in [-0.05, 0) is 42.5 Å². The Bertz CT molecular complexity index is 916. The molecule has 1 aromatic heterocycles. The molecule has 0 bridgehead atoms. The van der Waals surface area contributed by atoms with Crippen molar-refractivity contribution < 1.29 is 22.7 Å². The summed E-state index contributed by atoms with van der Waals surface area (Å²) in [7, 11) is 0. The van der Waals surface area contributed by atoms with Gasteiger partial charge < -0.3 is 15.4 Å². The second kappa shape index (κ2) is 7.73. The van der Waals surface area contributed by atoms with E-state index in [1.807, 2.05) is 0 Å². The number of ether oxygens (including phenoxy) is 1. The van der Waals surface area contributed by atoms with E-state index in [1.165, 1.54) is 12.1 Å². The number of alkyl halides is 3. The van der Waals surface area contributed by atoms with Gasteiger partial charge in [0.2, 0.25) is 5.95 Å². The van der Waals surface area contributed by atoms with Gasteiger partial charge in [-0.1, -0.05) is 6.07 Å². The van der Waals surface area contributed by atoms with Crippen LogP contribution in [-0.4, -0.2) is 22.2 Å². The standard InChI is InChI=1S/C18H13F3N4O2/c19-18(20,21)27-15-4-1-3-14(11-15)24-16(26)12-5-7-13(8-6-12)25-17-22-9-2-10-23-17/h1-11H,(H,24,26)(H,22,23,25). The minimum absolute atomic E-state index is 0.182. The first-order valence-corrected chi connectivity index (χ1v) is 7.70. The number of halogens is 3. The molecule has 0 spiro atoms. The lowest BCUT2D eigenvalue weighted by atomic mass is 10.2. The number of rotatable bonds is 5. The van der Waals surface area contributed by atoms with Crippen molar-refractivity contribution in [2.75, 3.05) is 10.6 Å². The van der Waals surface area contributed by atoms with Crippen LogP contribution in [0.1, 0.15) is 10.4 Å². The van der Waals surface area contributed by atoms with Gasteiger partial charge >= 0.3 is 6.36 Å².